The van der Waals surface area contributed by atoms with Crippen LogP contribution in [0.2, 0.25) is 0 Å². The molecule has 0 radical (unpaired) electrons. The second-order valence-corrected chi connectivity index (χ2v) is 4.55. The van der Waals surface area contributed by atoms with Gasteiger partial charge in [-0.3, -0.25) is 9.36 Å². The summed E-state index contributed by atoms with van der Waals surface area (Å²) in [6.45, 7) is 1.99. The molecule has 22 heavy (non-hydrogen) atoms. The maximum absolute atomic E-state index is 12.5. The summed E-state index contributed by atoms with van der Waals surface area (Å²) in [6.07, 6.45) is 2.17. The molecule has 0 saturated carbocycles. The Morgan fingerprint density at radius 2 is 2.09 bits per heavy atom. The van der Waals surface area contributed by atoms with Crippen LogP contribution in [0.3, 0.4) is 0 Å². The van der Waals surface area contributed by atoms with E-state index in [2.05, 4.69) is 9.99 Å². The van der Waals surface area contributed by atoms with Gasteiger partial charge in [0.15, 0.2) is 0 Å². The number of benzene rings is 1. The minimum Gasteiger partial charge on any atom is -0.461 e. The van der Waals surface area contributed by atoms with Crippen molar-refractivity contribution in [3.63, 3.8) is 0 Å². The van der Waals surface area contributed by atoms with E-state index in [9.17, 15) is 9.59 Å². The number of aromatic nitrogens is 1. The van der Waals surface area contributed by atoms with Crippen LogP contribution in [-0.4, -0.2) is 36.4 Å². The summed E-state index contributed by atoms with van der Waals surface area (Å²) in [5.41, 5.74) is 0.941. The second-order valence-electron chi connectivity index (χ2n) is 4.55. The van der Waals surface area contributed by atoms with Crippen molar-refractivity contribution >= 4 is 29.0 Å². The molecule has 6 heteroatoms. The fourth-order valence-electron chi connectivity index (χ4n) is 2.21. The normalized spacial score (nSPS) is 11.0. The van der Waals surface area contributed by atoms with Crippen LogP contribution in [-0.2, 0) is 9.57 Å². The first-order chi connectivity index (χ1) is 10.7. The summed E-state index contributed by atoms with van der Waals surface area (Å²) in [5, 5.41) is 4.42. The minimum atomic E-state index is -0.502. The highest BCUT2D eigenvalue weighted by atomic mass is 16.6. The van der Waals surface area contributed by atoms with Gasteiger partial charge in [0, 0.05) is 18.0 Å². The molecule has 1 aromatic heterocycles. The van der Waals surface area contributed by atoms with Gasteiger partial charge in [-0.2, -0.15) is 0 Å². The lowest BCUT2D eigenvalue weighted by atomic mass is 10.2. The molecular formula is C16H18N2O4. The van der Waals surface area contributed by atoms with Gasteiger partial charge in [0.1, 0.15) is 12.8 Å². The third-order valence-electron chi connectivity index (χ3n) is 3.11. The van der Waals surface area contributed by atoms with E-state index in [1.165, 1.54) is 17.9 Å². The largest absolute Gasteiger partial charge is 0.461 e. The summed E-state index contributed by atoms with van der Waals surface area (Å²) in [6, 6.07) is 9.02. The molecule has 0 atom stereocenters. The number of fused-ring (bicyclic) bond motifs is 1. The van der Waals surface area contributed by atoms with Crippen LogP contribution in [0.25, 0.3) is 10.9 Å². The lowest BCUT2D eigenvalue weighted by Gasteiger charge is -2.08. The predicted molar refractivity (Wildman–Crippen MR) is 83.3 cm³/mol. The highest BCUT2D eigenvalue weighted by Gasteiger charge is 2.20. The van der Waals surface area contributed by atoms with Crippen molar-refractivity contribution in [3.05, 3.63) is 36.0 Å². The lowest BCUT2D eigenvalue weighted by molar-refractivity contribution is 0.0509. The Labute approximate surface area is 128 Å². The highest BCUT2D eigenvalue weighted by Crippen LogP contribution is 2.21. The van der Waals surface area contributed by atoms with Crippen LogP contribution >= 0.6 is 0 Å². The van der Waals surface area contributed by atoms with Crippen LogP contribution in [0.1, 0.15) is 35.0 Å². The SMILES string of the molecule is CCOC(=O)c1cc2ccccc2n1C(=O)CC/C=N/OC. The van der Waals surface area contributed by atoms with E-state index >= 15 is 0 Å². The molecule has 0 saturated heterocycles. The molecule has 6 nitrogen and oxygen atoms in total. The van der Waals surface area contributed by atoms with Crippen molar-refractivity contribution in [2.45, 2.75) is 19.8 Å². The van der Waals surface area contributed by atoms with Crippen LogP contribution in [0.5, 0.6) is 0 Å². The van der Waals surface area contributed by atoms with Crippen molar-refractivity contribution in [1.82, 2.24) is 4.57 Å². The molecule has 1 aromatic carbocycles. The predicted octanol–water partition coefficient (Wildman–Crippen LogP) is 2.87. The number of hydrogen-bond donors (Lipinski definition) is 0. The average molecular weight is 302 g/mol. The molecule has 0 amide bonds. The summed E-state index contributed by atoms with van der Waals surface area (Å²) >= 11 is 0. The summed E-state index contributed by atoms with van der Waals surface area (Å²) < 4.78 is 6.44. The first-order valence-electron chi connectivity index (χ1n) is 7.04. The van der Waals surface area contributed by atoms with Gasteiger partial charge < -0.3 is 9.57 Å². The maximum Gasteiger partial charge on any atom is 0.355 e. The van der Waals surface area contributed by atoms with E-state index in [1.54, 1.807) is 19.1 Å². The molecule has 0 spiro atoms. The van der Waals surface area contributed by atoms with E-state index in [1.807, 2.05) is 18.2 Å². The number of ether oxygens (including phenoxy) is 1. The molecule has 0 aliphatic rings. The summed E-state index contributed by atoms with van der Waals surface area (Å²) in [7, 11) is 1.44. The molecular weight excluding hydrogens is 284 g/mol. The standard InChI is InChI=1S/C16H18N2O4/c1-3-22-16(20)14-11-12-7-4-5-8-13(12)18(14)15(19)9-6-10-17-21-2/h4-5,7-8,10-11H,3,6,9H2,1-2H3/b17-10+. The van der Waals surface area contributed by atoms with Crippen molar-refractivity contribution in [3.8, 4) is 0 Å². The van der Waals surface area contributed by atoms with E-state index in [-0.39, 0.29) is 24.6 Å². The van der Waals surface area contributed by atoms with Crippen LogP contribution in [0.15, 0.2) is 35.5 Å². The molecule has 0 unspecified atom stereocenters. The number of carbonyl (C=O) groups is 2. The number of carbonyl (C=O) groups excluding carboxylic acids is 2. The van der Waals surface area contributed by atoms with E-state index < -0.39 is 5.97 Å². The Hall–Kier alpha value is -2.63. The van der Waals surface area contributed by atoms with Gasteiger partial charge in [-0.15, -0.1) is 0 Å². The van der Waals surface area contributed by atoms with Crippen molar-refractivity contribution in [2.24, 2.45) is 5.16 Å². The van der Waals surface area contributed by atoms with Gasteiger partial charge in [0.2, 0.25) is 5.91 Å². The first kappa shape index (κ1) is 15.8. The number of esters is 1. The van der Waals surface area contributed by atoms with Gasteiger partial charge in [-0.05, 0) is 25.5 Å². The van der Waals surface area contributed by atoms with E-state index in [4.69, 9.17) is 4.74 Å². The lowest BCUT2D eigenvalue weighted by Crippen LogP contribution is -2.18. The van der Waals surface area contributed by atoms with Crippen molar-refractivity contribution in [1.29, 1.82) is 0 Å². The maximum atomic E-state index is 12.5. The molecule has 0 fully saturated rings. The zero-order valence-corrected chi connectivity index (χ0v) is 12.6. The Morgan fingerprint density at radius 3 is 2.82 bits per heavy atom. The monoisotopic (exact) mass is 302 g/mol. The van der Waals surface area contributed by atoms with Crippen molar-refractivity contribution in [2.75, 3.05) is 13.7 Å². The molecule has 116 valence electrons. The number of hydrogen-bond acceptors (Lipinski definition) is 5. The molecule has 0 bridgehead atoms. The summed E-state index contributed by atoms with van der Waals surface area (Å²) in [5.74, 6) is -0.690. The third-order valence-corrected chi connectivity index (χ3v) is 3.11. The average Bonchev–Trinajstić information content (AvgIpc) is 2.91. The molecule has 0 aliphatic carbocycles. The Morgan fingerprint density at radius 1 is 1.32 bits per heavy atom. The topological polar surface area (TPSA) is 69.9 Å². The quantitative estimate of drug-likeness (QED) is 0.467. The number of oxime groups is 1. The van der Waals surface area contributed by atoms with E-state index in [0.29, 0.717) is 11.9 Å². The molecule has 2 rings (SSSR count). The molecule has 0 N–H and O–H groups in total. The zero-order chi connectivity index (χ0) is 15.9. The van der Waals surface area contributed by atoms with Crippen molar-refractivity contribution < 1.29 is 19.2 Å². The van der Waals surface area contributed by atoms with Gasteiger partial charge >= 0.3 is 5.97 Å². The summed E-state index contributed by atoms with van der Waals surface area (Å²) in [4.78, 5) is 29.1. The Balaban J connectivity index is 2.36. The van der Waals surface area contributed by atoms with Gasteiger partial charge in [0.25, 0.3) is 0 Å². The van der Waals surface area contributed by atoms with Gasteiger partial charge in [-0.1, -0.05) is 23.4 Å². The fourth-order valence-corrected chi connectivity index (χ4v) is 2.21. The number of rotatable bonds is 6. The van der Waals surface area contributed by atoms with E-state index in [0.717, 1.165) is 5.39 Å². The molecule has 1 heterocycles. The minimum absolute atomic E-state index is 0.188. The third kappa shape index (κ3) is 3.33. The second kappa shape index (κ2) is 7.40. The van der Waals surface area contributed by atoms with Crippen LogP contribution in [0.4, 0.5) is 0 Å². The van der Waals surface area contributed by atoms with Crippen LogP contribution < -0.4 is 0 Å². The van der Waals surface area contributed by atoms with Gasteiger partial charge in [-0.25, -0.2) is 4.79 Å². The fraction of sp³-hybridized carbons (Fsp3) is 0.312. The first-order valence-corrected chi connectivity index (χ1v) is 7.04. The molecule has 2 aromatic rings. The zero-order valence-electron chi connectivity index (χ0n) is 12.6. The number of nitrogens with zero attached hydrogens (tertiary/aromatic N) is 2. The molecule has 0 aliphatic heterocycles. The number of para-hydroxylation sites is 1. The Kier molecular flexibility index (Phi) is 5.30. The smallest absolute Gasteiger partial charge is 0.355 e. The van der Waals surface area contributed by atoms with Gasteiger partial charge in [0.05, 0.1) is 12.1 Å². The highest BCUT2D eigenvalue weighted by molar-refractivity contribution is 6.03. The van der Waals surface area contributed by atoms with Crippen LogP contribution in [0, 0.1) is 0 Å². The Bertz CT molecular complexity index is 703.